The molecule has 2 unspecified atom stereocenters. The van der Waals surface area contributed by atoms with Crippen molar-refractivity contribution in [3.63, 3.8) is 0 Å². The molecule has 0 heterocycles. The second-order valence-electron chi connectivity index (χ2n) is 26.6. The van der Waals surface area contributed by atoms with Crippen LogP contribution in [0.25, 0.3) is 0 Å². The Morgan fingerprint density at radius 2 is 0.587 bits per heavy atom. The van der Waals surface area contributed by atoms with Crippen LogP contribution in [0.3, 0.4) is 0 Å². The number of ether oxygens (including phenoxy) is 4. The number of aliphatic hydroxyl groups excluding tert-OH is 1. The standard InChI is InChI=1S/C73H138O17P2/c1-7-9-11-13-15-17-19-20-21-25-28-32-38-44-50-56-71(76)84-61-68(89-72(77)57-51-45-39-33-29-26-23-22-24-27-30-35-41-47-53-65(3)4)63-87-91(79,80)85-59-67(74)60-86-92(81,82)88-64-69(90-73(78)58-52-46-40-34-36-42-48-54-66(5)6)62-83-70(75)55-49-43-37-31-18-16-14-12-10-8-2/h17,19-21,65-69,74H,7-16,18,22-64H2,1-6H3,(H,79,80)(H,81,82)/b19-17-,21-20-/t67-,68-,69-/m1/s1. The van der Waals surface area contributed by atoms with Gasteiger partial charge in [-0.25, -0.2) is 9.13 Å². The molecule has 0 saturated carbocycles. The van der Waals surface area contributed by atoms with Crippen LogP contribution >= 0.6 is 15.6 Å². The Morgan fingerprint density at radius 3 is 0.891 bits per heavy atom. The first-order chi connectivity index (χ1) is 44.4. The van der Waals surface area contributed by atoms with Crippen molar-refractivity contribution in [1.29, 1.82) is 0 Å². The minimum Gasteiger partial charge on any atom is -0.462 e. The zero-order valence-corrected chi connectivity index (χ0v) is 61.1. The molecule has 0 saturated heterocycles. The monoisotopic (exact) mass is 1350 g/mol. The minimum absolute atomic E-state index is 0.100. The first kappa shape index (κ1) is 89.5. The molecule has 0 amide bonds. The molecular formula is C73H138O17P2. The van der Waals surface area contributed by atoms with Crippen molar-refractivity contribution in [3.8, 4) is 0 Å². The van der Waals surface area contributed by atoms with E-state index in [9.17, 15) is 43.2 Å². The highest BCUT2D eigenvalue weighted by atomic mass is 31.2. The van der Waals surface area contributed by atoms with Crippen LogP contribution in [0.2, 0.25) is 0 Å². The first-order valence-electron chi connectivity index (χ1n) is 37.3. The van der Waals surface area contributed by atoms with Crippen molar-refractivity contribution >= 4 is 39.5 Å². The van der Waals surface area contributed by atoms with Gasteiger partial charge in [0.15, 0.2) is 12.2 Å². The molecule has 0 aliphatic carbocycles. The number of phosphoric acid groups is 2. The van der Waals surface area contributed by atoms with E-state index in [0.29, 0.717) is 31.6 Å². The largest absolute Gasteiger partial charge is 0.472 e. The summed E-state index contributed by atoms with van der Waals surface area (Å²) in [5.74, 6) is -0.666. The SMILES string of the molecule is CCCCCC/C=C\C=C/CCCCCCCC(=O)OC[C@H](COP(=O)(O)OC[C@@H](O)COP(=O)(O)OC[C@@H](COC(=O)CCCCCCCCCCCC)OC(=O)CCCCCCCCCC(C)C)OC(=O)CCCCCCCCCCCCCCCCC(C)C. The summed E-state index contributed by atoms with van der Waals surface area (Å²) in [7, 11) is -9.91. The lowest BCUT2D eigenvalue weighted by molar-refractivity contribution is -0.161. The van der Waals surface area contributed by atoms with Crippen molar-refractivity contribution in [1.82, 2.24) is 0 Å². The van der Waals surface area contributed by atoms with Gasteiger partial charge in [-0.05, 0) is 63.2 Å². The predicted molar refractivity (Wildman–Crippen MR) is 372 cm³/mol. The van der Waals surface area contributed by atoms with Gasteiger partial charge < -0.3 is 33.8 Å². The molecule has 0 aliphatic rings. The number of hydrogen-bond donors (Lipinski definition) is 3. The number of carbonyl (C=O) groups is 4. The molecule has 0 aromatic heterocycles. The molecule has 0 spiro atoms. The number of unbranched alkanes of at least 4 members (excludes halogenated alkanes) is 37. The van der Waals surface area contributed by atoms with Crippen molar-refractivity contribution in [2.24, 2.45) is 11.8 Å². The van der Waals surface area contributed by atoms with Gasteiger partial charge in [-0.15, -0.1) is 0 Å². The lowest BCUT2D eigenvalue weighted by Crippen LogP contribution is -2.30. The summed E-state index contributed by atoms with van der Waals surface area (Å²) in [6, 6.07) is 0. The van der Waals surface area contributed by atoms with Crippen LogP contribution in [0.15, 0.2) is 24.3 Å². The average molecular weight is 1350 g/mol. The molecule has 0 rings (SSSR count). The Hall–Kier alpha value is -2.46. The van der Waals surface area contributed by atoms with Crippen molar-refractivity contribution in [3.05, 3.63) is 24.3 Å². The molecule has 0 aliphatic heterocycles. The van der Waals surface area contributed by atoms with Gasteiger partial charge in [0, 0.05) is 25.7 Å². The van der Waals surface area contributed by atoms with E-state index in [0.717, 1.165) is 115 Å². The molecule has 3 N–H and O–H groups in total. The van der Waals surface area contributed by atoms with E-state index in [1.807, 2.05) is 0 Å². The highest BCUT2D eigenvalue weighted by Crippen LogP contribution is 2.45. The highest BCUT2D eigenvalue weighted by molar-refractivity contribution is 7.47. The van der Waals surface area contributed by atoms with Gasteiger partial charge in [0.25, 0.3) is 0 Å². The summed E-state index contributed by atoms with van der Waals surface area (Å²) in [5, 5.41) is 10.6. The average Bonchev–Trinajstić information content (AvgIpc) is 3.22. The van der Waals surface area contributed by atoms with E-state index in [1.165, 1.54) is 148 Å². The van der Waals surface area contributed by atoms with Crippen molar-refractivity contribution in [2.75, 3.05) is 39.6 Å². The number of esters is 4. The van der Waals surface area contributed by atoms with Crippen LogP contribution < -0.4 is 0 Å². The van der Waals surface area contributed by atoms with Gasteiger partial charge >= 0.3 is 39.5 Å². The summed E-state index contributed by atoms with van der Waals surface area (Å²) in [6.45, 7) is 9.45. The Balaban J connectivity index is 5.27. The van der Waals surface area contributed by atoms with Gasteiger partial charge in [-0.3, -0.25) is 37.3 Å². The summed E-state index contributed by atoms with van der Waals surface area (Å²) in [4.78, 5) is 72.6. The number of rotatable bonds is 70. The Kier molecular flexibility index (Phi) is 62.8. The molecule has 0 fully saturated rings. The number of carbonyl (C=O) groups excluding carboxylic acids is 4. The lowest BCUT2D eigenvalue weighted by atomic mass is 10.0. The van der Waals surface area contributed by atoms with Crippen molar-refractivity contribution < 1.29 is 80.2 Å². The maximum atomic E-state index is 13.0. The Bertz CT molecular complexity index is 1880. The van der Waals surface area contributed by atoms with E-state index < -0.39 is 97.5 Å². The fourth-order valence-electron chi connectivity index (χ4n) is 10.6. The summed E-state index contributed by atoms with van der Waals surface area (Å²) in [5.41, 5.74) is 0. The summed E-state index contributed by atoms with van der Waals surface area (Å²) < 4.78 is 68.3. The summed E-state index contributed by atoms with van der Waals surface area (Å²) >= 11 is 0. The number of aliphatic hydroxyl groups is 1. The van der Waals surface area contributed by atoms with Crippen LogP contribution in [-0.2, 0) is 65.4 Å². The van der Waals surface area contributed by atoms with Gasteiger partial charge in [-0.1, -0.05) is 297 Å². The van der Waals surface area contributed by atoms with Crippen LogP contribution in [0.5, 0.6) is 0 Å². The Labute approximate surface area is 561 Å². The van der Waals surface area contributed by atoms with E-state index in [-0.39, 0.29) is 25.7 Å². The molecule has 92 heavy (non-hydrogen) atoms. The highest BCUT2D eigenvalue weighted by Gasteiger charge is 2.30. The molecule has 542 valence electrons. The van der Waals surface area contributed by atoms with Gasteiger partial charge in [-0.2, -0.15) is 0 Å². The molecule has 0 bridgehead atoms. The topological polar surface area (TPSA) is 237 Å². The van der Waals surface area contributed by atoms with Gasteiger partial charge in [0.05, 0.1) is 26.4 Å². The van der Waals surface area contributed by atoms with Crippen molar-refractivity contribution in [2.45, 2.75) is 368 Å². The predicted octanol–water partition coefficient (Wildman–Crippen LogP) is 20.7. The number of allylic oxidation sites excluding steroid dienone is 4. The molecule has 0 radical (unpaired) electrons. The molecule has 0 aromatic carbocycles. The molecule has 0 aromatic rings. The third kappa shape index (κ3) is 66.2. The van der Waals surface area contributed by atoms with Gasteiger partial charge in [0.1, 0.15) is 19.3 Å². The maximum absolute atomic E-state index is 13.0. The van der Waals surface area contributed by atoms with Crippen LogP contribution in [0.1, 0.15) is 350 Å². The third-order valence-electron chi connectivity index (χ3n) is 16.3. The molecule has 17 nitrogen and oxygen atoms in total. The second-order valence-corrected chi connectivity index (χ2v) is 29.5. The fourth-order valence-corrected chi connectivity index (χ4v) is 12.2. The van der Waals surface area contributed by atoms with Crippen LogP contribution in [0.4, 0.5) is 0 Å². The first-order valence-corrected chi connectivity index (χ1v) is 40.3. The van der Waals surface area contributed by atoms with E-state index >= 15 is 0 Å². The normalized spacial score (nSPS) is 14.2. The minimum atomic E-state index is -4.96. The van der Waals surface area contributed by atoms with Gasteiger partial charge in [0.2, 0.25) is 0 Å². The summed E-state index contributed by atoms with van der Waals surface area (Å²) in [6.07, 6.45) is 53.6. The molecular weight excluding hydrogens is 1210 g/mol. The fraction of sp³-hybridized carbons (Fsp3) is 0.890. The Morgan fingerprint density at radius 1 is 0.337 bits per heavy atom. The maximum Gasteiger partial charge on any atom is 0.472 e. The zero-order chi connectivity index (χ0) is 67.9. The molecule has 5 atom stereocenters. The van der Waals surface area contributed by atoms with E-state index in [2.05, 4.69) is 65.8 Å². The van der Waals surface area contributed by atoms with E-state index in [4.69, 9.17) is 37.0 Å². The second kappa shape index (κ2) is 64.5. The van der Waals surface area contributed by atoms with Crippen LogP contribution in [-0.4, -0.2) is 96.7 Å². The number of hydrogen-bond acceptors (Lipinski definition) is 15. The smallest absolute Gasteiger partial charge is 0.462 e. The zero-order valence-electron chi connectivity index (χ0n) is 59.3. The van der Waals surface area contributed by atoms with Crippen LogP contribution in [0, 0.1) is 11.8 Å². The molecule has 19 heteroatoms. The lowest BCUT2D eigenvalue weighted by Gasteiger charge is -2.21. The van der Waals surface area contributed by atoms with E-state index in [1.54, 1.807) is 0 Å². The number of phosphoric ester groups is 2. The quantitative estimate of drug-likeness (QED) is 0.0169. The third-order valence-corrected chi connectivity index (χ3v) is 18.2.